The van der Waals surface area contributed by atoms with E-state index in [-0.39, 0.29) is 24.5 Å². The number of aliphatic imine (C=N–C) groups is 1. The van der Waals surface area contributed by atoms with E-state index in [9.17, 15) is 4.79 Å². The normalized spacial score (nSPS) is 11.7. The minimum Gasteiger partial charge on any atom is -0.489 e. The minimum atomic E-state index is -0.260. The molecule has 0 saturated heterocycles. The number of nitrogens with two attached hydrogens (primary N) is 1. The van der Waals surface area contributed by atoms with Gasteiger partial charge in [-0.15, -0.1) is 0 Å². The van der Waals surface area contributed by atoms with Crippen LogP contribution in [0.4, 0.5) is 0 Å². The molecule has 0 aliphatic carbocycles. The van der Waals surface area contributed by atoms with Gasteiger partial charge in [-0.2, -0.15) is 5.90 Å². The number of benzene rings is 2. The second kappa shape index (κ2) is 12.4. The summed E-state index contributed by atoms with van der Waals surface area (Å²) in [6.07, 6.45) is 2.68. The SMILES string of the molecule is C=C(N=C(ON)c1ccc(OC(C)C)c(Cl)c1)c1cccc2c(CCNCC(=O)OCC)c[nH]c12. The number of carbonyl (C=O) groups is 1. The maximum Gasteiger partial charge on any atom is 0.319 e. The minimum absolute atomic E-state index is 0.00320. The van der Waals surface area contributed by atoms with Crippen molar-refractivity contribution in [2.24, 2.45) is 10.9 Å². The fourth-order valence-electron chi connectivity index (χ4n) is 3.61. The summed E-state index contributed by atoms with van der Waals surface area (Å²) >= 11 is 6.36. The summed E-state index contributed by atoms with van der Waals surface area (Å²) in [5.74, 6) is 6.02. The number of para-hydroxylation sites is 1. The van der Waals surface area contributed by atoms with Crippen LogP contribution in [0.25, 0.3) is 16.6 Å². The summed E-state index contributed by atoms with van der Waals surface area (Å²) in [6, 6.07) is 11.1. The first-order chi connectivity index (χ1) is 16.8. The van der Waals surface area contributed by atoms with E-state index in [1.165, 1.54) is 0 Å². The largest absolute Gasteiger partial charge is 0.489 e. The van der Waals surface area contributed by atoms with Gasteiger partial charge in [0, 0.05) is 22.7 Å². The molecule has 1 heterocycles. The Morgan fingerprint density at radius 3 is 2.77 bits per heavy atom. The summed E-state index contributed by atoms with van der Waals surface area (Å²) in [5.41, 5.74) is 3.90. The Morgan fingerprint density at radius 1 is 1.29 bits per heavy atom. The van der Waals surface area contributed by atoms with E-state index in [0.717, 1.165) is 28.5 Å². The van der Waals surface area contributed by atoms with Gasteiger partial charge in [-0.1, -0.05) is 36.4 Å². The highest BCUT2D eigenvalue weighted by Crippen LogP contribution is 2.29. The van der Waals surface area contributed by atoms with E-state index >= 15 is 0 Å². The van der Waals surface area contributed by atoms with Gasteiger partial charge >= 0.3 is 5.97 Å². The zero-order valence-electron chi connectivity index (χ0n) is 20.2. The highest BCUT2D eigenvalue weighted by molar-refractivity contribution is 6.32. The predicted molar refractivity (Wildman–Crippen MR) is 140 cm³/mol. The Balaban J connectivity index is 1.77. The molecule has 0 spiro atoms. The molecule has 8 nitrogen and oxygen atoms in total. The number of nitrogens with one attached hydrogen (secondary N) is 2. The van der Waals surface area contributed by atoms with Crippen molar-refractivity contribution in [3.63, 3.8) is 0 Å². The van der Waals surface area contributed by atoms with E-state index in [2.05, 4.69) is 21.9 Å². The Bertz CT molecular complexity index is 1220. The Kier molecular flexibility index (Phi) is 9.31. The van der Waals surface area contributed by atoms with Crippen LogP contribution >= 0.6 is 11.6 Å². The van der Waals surface area contributed by atoms with Gasteiger partial charge in [0.15, 0.2) is 0 Å². The first-order valence-corrected chi connectivity index (χ1v) is 11.8. The monoisotopic (exact) mass is 498 g/mol. The van der Waals surface area contributed by atoms with Gasteiger partial charge in [0.2, 0.25) is 5.90 Å². The predicted octanol–water partition coefficient (Wildman–Crippen LogP) is 4.61. The van der Waals surface area contributed by atoms with Crippen molar-refractivity contribution in [2.45, 2.75) is 33.3 Å². The van der Waals surface area contributed by atoms with Gasteiger partial charge < -0.3 is 24.6 Å². The summed E-state index contributed by atoms with van der Waals surface area (Å²) in [4.78, 5) is 24.4. The van der Waals surface area contributed by atoms with Crippen molar-refractivity contribution in [3.8, 4) is 5.75 Å². The second-order valence-electron chi connectivity index (χ2n) is 8.07. The summed E-state index contributed by atoms with van der Waals surface area (Å²) in [5, 5.41) is 4.58. The molecular formula is C26H31ClN4O4. The molecule has 186 valence electrons. The highest BCUT2D eigenvalue weighted by atomic mass is 35.5. The molecule has 0 fully saturated rings. The average molecular weight is 499 g/mol. The molecule has 4 N–H and O–H groups in total. The Labute approximate surface area is 210 Å². The standard InChI is InChI=1S/C26H31ClN4O4/c1-5-33-24(32)15-29-12-11-19-14-30-25-20(7-6-8-21(19)25)17(4)31-26(35-28)18-9-10-23(22(27)13-18)34-16(2)3/h6-10,13-14,16,29-30H,4-5,11-12,15,28H2,1-3H3. The number of aromatic amines is 1. The van der Waals surface area contributed by atoms with Gasteiger partial charge in [0.1, 0.15) is 5.75 Å². The molecule has 0 atom stereocenters. The molecule has 1 aromatic heterocycles. The lowest BCUT2D eigenvalue weighted by atomic mass is 10.1. The molecule has 9 heteroatoms. The smallest absolute Gasteiger partial charge is 0.319 e. The molecule has 35 heavy (non-hydrogen) atoms. The molecule has 0 bridgehead atoms. The number of hydrogen-bond donors (Lipinski definition) is 3. The number of nitrogens with zero attached hydrogens (tertiary/aromatic N) is 1. The van der Waals surface area contributed by atoms with Crippen LogP contribution in [-0.4, -0.2) is 42.7 Å². The van der Waals surface area contributed by atoms with Crippen molar-refractivity contribution in [1.82, 2.24) is 10.3 Å². The van der Waals surface area contributed by atoms with Gasteiger partial charge in [-0.3, -0.25) is 4.79 Å². The molecule has 0 unspecified atom stereocenters. The lowest BCUT2D eigenvalue weighted by Crippen LogP contribution is -2.26. The van der Waals surface area contributed by atoms with Crippen LogP contribution in [0.3, 0.4) is 0 Å². The molecule has 2 aromatic carbocycles. The van der Waals surface area contributed by atoms with Crippen molar-refractivity contribution in [2.75, 3.05) is 19.7 Å². The van der Waals surface area contributed by atoms with Crippen molar-refractivity contribution < 1.29 is 19.1 Å². The number of H-pyrrole nitrogens is 1. The Morgan fingerprint density at radius 2 is 2.09 bits per heavy atom. The van der Waals surface area contributed by atoms with Gasteiger partial charge in [-0.05, 0) is 57.5 Å². The van der Waals surface area contributed by atoms with Gasteiger partial charge in [-0.25, -0.2) is 4.99 Å². The third-order valence-corrected chi connectivity index (χ3v) is 5.44. The van der Waals surface area contributed by atoms with Crippen LogP contribution in [0.15, 0.2) is 54.2 Å². The summed E-state index contributed by atoms with van der Waals surface area (Å²) in [7, 11) is 0. The molecule has 0 amide bonds. The fraction of sp³-hybridized carbons (Fsp3) is 0.308. The maximum atomic E-state index is 11.5. The number of aromatic nitrogens is 1. The van der Waals surface area contributed by atoms with Crippen LogP contribution in [0.2, 0.25) is 5.02 Å². The lowest BCUT2D eigenvalue weighted by molar-refractivity contribution is -0.141. The van der Waals surface area contributed by atoms with Gasteiger partial charge in [0.25, 0.3) is 0 Å². The topological polar surface area (TPSA) is 111 Å². The third-order valence-electron chi connectivity index (χ3n) is 5.15. The third kappa shape index (κ3) is 6.85. The first-order valence-electron chi connectivity index (χ1n) is 11.4. The van der Waals surface area contributed by atoms with E-state index in [1.807, 2.05) is 38.2 Å². The lowest BCUT2D eigenvalue weighted by Gasteiger charge is -2.13. The van der Waals surface area contributed by atoms with Crippen LogP contribution in [0, 0.1) is 0 Å². The quantitative estimate of drug-likeness (QED) is 0.117. The molecule has 0 saturated carbocycles. The number of esters is 1. The molecule has 0 aliphatic heterocycles. The molecule has 3 aromatic rings. The Hall–Kier alpha value is -3.33. The second-order valence-corrected chi connectivity index (χ2v) is 8.47. The van der Waals surface area contributed by atoms with Gasteiger partial charge in [0.05, 0.1) is 35.5 Å². The zero-order valence-corrected chi connectivity index (χ0v) is 20.9. The number of fused-ring (bicyclic) bond motifs is 1. The molecule has 0 aliphatic rings. The van der Waals surface area contributed by atoms with E-state index < -0.39 is 0 Å². The maximum absolute atomic E-state index is 11.5. The summed E-state index contributed by atoms with van der Waals surface area (Å²) < 4.78 is 10.6. The number of hydrogen-bond acceptors (Lipinski definition) is 7. The van der Waals surface area contributed by atoms with Crippen molar-refractivity contribution in [3.05, 3.63) is 70.9 Å². The highest BCUT2D eigenvalue weighted by Gasteiger charge is 2.14. The number of carbonyl (C=O) groups excluding carboxylic acids is 1. The molecule has 3 rings (SSSR count). The first kappa shape index (κ1) is 26.3. The van der Waals surface area contributed by atoms with Crippen LogP contribution in [-0.2, 0) is 20.8 Å². The summed E-state index contributed by atoms with van der Waals surface area (Å²) in [6.45, 7) is 11.0. The van der Waals surface area contributed by atoms with E-state index in [0.29, 0.717) is 35.2 Å². The van der Waals surface area contributed by atoms with Crippen LogP contribution in [0.1, 0.15) is 37.5 Å². The van der Waals surface area contributed by atoms with Crippen LogP contribution < -0.4 is 16.0 Å². The zero-order chi connectivity index (χ0) is 25.4. The number of ether oxygens (including phenoxy) is 2. The van der Waals surface area contributed by atoms with Crippen molar-refractivity contribution in [1.29, 1.82) is 0 Å². The molecular weight excluding hydrogens is 468 g/mol. The number of rotatable bonds is 11. The van der Waals surface area contributed by atoms with Crippen molar-refractivity contribution >= 4 is 40.1 Å². The number of halogens is 1. The van der Waals surface area contributed by atoms with E-state index in [4.69, 9.17) is 31.8 Å². The van der Waals surface area contributed by atoms with Crippen LogP contribution in [0.5, 0.6) is 5.75 Å². The fourth-order valence-corrected chi connectivity index (χ4v) is 3.84. The molecule has 0 radical (unpaired) electrons. The average Bonchev–Trinajstić information content (AvgIpc) is 3.24. The van der Waals surface area contributed by atoms with E-state index in [1.54, 1.807) is 25.1 Å².